The van der Waals surface area contributed by atoms with E-state index < -0.39 is 10.8 Å². The Bertz CT molecular complexity index is 476. The highest BCUT2D eigenvalue weighted by atomic mass is 32.2. The lowest BCUT2D eigenvalue weighted by molar-refractivity contribution is 0.127. The minimum Gasteiger partial charge on any atom is -0.398 e. The molecule has 18 heavy (non-hydrogen) atoms. The monoisotopic (exact) mass is 268 g/mol. The lowest BCUT2D eigenvalue weighted by Crippen LogP contribution is -2.24. The van der Waals surface area contributed by atoms with Gasteiger partial charge in [-0.1, -0.05) is 0 Å². The standard InChI is InChI=1S/C13H20N2O2S/c1-8-6-15-11(9(2)13(8)14)7-18(16)12-4-5-17-10(12)3/h6,10,12H,4-5,7H2,1-3H3,(H2,14,15). The predicted octanol–water partition coefficient (Wildman–Crippen LogP) is 1.71. The van der Waals surface area contributed by atoms with Gasteiger partial charge in [0.2, 0.25) is 0 Å². The molecule has 5 heteroatoms. The van der Waals surface area contributed by atoms with Gasteiger partial charge in [-0.25, -0.2) is 0 Å². The SMILES string of the molecule is Cc1cnc(CS(=O)C2CCOC2C)c(C)c1N. The van der Waals surface area contributed by atoms with Gasteiger partial charge < -0.3 is 10.5 Å². The van der Waals surface area contributed by atoms with E-state index in [4.69, 9.17) is 10.5 Å². The van der Waals surface area contributed by atoms with Crippen LogP contribution in [0, 0.1) is 13.8 Å². The highest BCUT2D eigenvalue weighted by Crippen LogP contribution is 2.24. The Balaban J connectivity index is 2.14. The summed E-state index contributed by atoms with van der Waals surface area (Å²) in [7, 11) is -0.945. The summed E-state index contributed by atoms with van der Waals surface area (Å²) in [6.45, 7) is 6.57. The molecule has 0 aliphatic carbocycles. The van der Waals surface area contributed by atoms with Gasteiger partial charge in [-0.05, 0) is 38.3 Å². The summed E-state index contributed by atoms with van der Waals surface area (Å²) in [4.78, 5) is 4.36. The maximum absolute atomic E-state index is 12.3. The van der Waals surface area contributed by atoms with E-state index in [0.29, 0.717) is 12.4 Å². The van der Waals surface area contributed by atoms with E-state index in [9.17, 15) is 4.21 Å². The average molecular weight is 268 g/mol. The maximum Gasteiger partial charge on any atom is 0.0691 e. The lowest BCUT2D eigenvalue weighted by Gasteiger charge is -2.15. The van der Waals surface area contributed by atoms with Crippen molar-refractivity contribution < 1.29 is 8.95 Å². The average Bonchev–Trinajstić information content (AvgIpc) is 2.76. The molecule has 0 spiro atoms. The molecule has 3 atom stereocenters. The van der Waals surface area contributed by atoms with Crippen LogP contribution in [0.3, 0.4) is 0 Å². The molecule has 2 rings (SSSR count). The summed E-state index contributed by atoms with van der Waals surface area (Å²) in [5.41, 5.74) is 9.50. The van der Waals surface area contributed by atoms with E-state index in [-0.39, 0.29) is 11.4 Å². The summed E-state index contributed by atoms with van der Waals surface area (Å²) in [5, 5.41) is 0.119. The Morgan fingerprint density at radius 2 is 2.28 bits per heavy atom. The number of ether oxygens (including phenoxy) is 1. The van der Waals surface area contributed by atoms with E-state index in [1.165, 1.54) is 0 Å². The third-order valence-electron chi connectivity index (χ3n) is 3.60. The first-order valence-corrected chi connectivity index (χ1v) is 7.58. The van der Waals surface area contributed by atoms with Gasteiger partial charge in [0.25, 0.3) is 0 Å². The van der Waals surface area contributed by atoms with Gasteiger partial charge in [-0.2, -0.15) is 0 Å². The number of rotatable bonds is 3. The first-order valence-electron chi connectivity index (χ1n) is 6.20. The largest absolute Gasteiger partial charge is 0.398 e. The molecular formula is C13H20N2O2S. The molecule has 100 valence electrons. The highest BCUT2D eigenvalue weighted by Gasteiger charge is 2.30. The van der Waals surface area contributed by atoms with Gasteiger partial charge in [-0.3, -0.25) is 9.19 Å². The second-order valence-corrected chi connectivity index (χ2v) is 6.51. The summed E-state index contributed by atoms with van der Waals surface area (Å²) < 4.78 is 17.8. The minimum absolute atomic E-state index is 0.0777. The Hall–Kier alpha value is -0.940. The van der Waals surface area contributed by atoms with Gasteiger partial charge in [-0.15, -0.1) is 0 Å². The minimum atomic E-state index is -0.945. The van der Waals surface area contributed by atoms with Crippen LogP contribution in [0.4, 0.5) is 5.69 Å². The highest BCUT2D eigenvalue weighted by molar-refractivity contribution is 7.84. The van der Waals surface area contributed by atoms with E-state index in [1.807, 2.05) is 20.8 Å². The Morgan fingerprint density at radius 3 is 2.89 bits per heavy atom. The molecule has 4 nitrogen and oxygen atoms in total. The molecule has 1 aliphatic rings. The molecule has 0 saturated carbocycles. The maximum atomic E-state index is 12.3. The quantitative estimate of drug-likeness (QED) is 0.906. The van der Waals surface area contributed by atoms with E-state index in [2.05, 4.69) is 4.98 Å². The first-order chi connectivity index (χ1) is 8.50. The topological polar surface area (TPSA) is 65.2 Å². The smallest absolute Gasteiger partial charge is 0.0691 e. The number of nitrogens with two attached hydrogens (primary N) is 1. The molecule has 0 bridgehead atoms. The number of nitrogens with zero attached hydrogens (tertiary/aromatic N) is 1. The van der Waals surface area contributed by atoms with Crippen molar-refractivity contribution in [1.29, 1.82) is 0 Å². The molecular weight excluding hydrogens is 248 g/mol. The molecule has 1 fully saturated rings. The lowest BCUT2D eigenvalue weighted by atomic mass is 10.1. The van der Waals surface area contributed by atoms with Crippen molar-refractivity contribution in [3.05, 3.63) is 23.0 Å². The van der Waals surface area contributed by atoms with Crippen LogP contribution in [0.1, 0.15) is 30.2 Å². The number of aromatic nitrogens is 1. The zero-order chi connectivity index (χ0) is 13.3. The van der Waals surface area contributed by atoms with Crippen molar-refractivity contribution in [1.82, 2.24) is 4.98 Å². The van der Waals surface area contributed by atoms with Crippen LogP contribution in [0.15, 0.2) is 6.20 Å². The zero-order valence-electron chi connectivity index (χ0n) is 11.1. The van der Waals surface area contributed by atoms with Gasteiger partial charge in [0.05, 0.1) is 22.8 Å². The van der Waals surface area contributed by atoms with Crippen LogP contribution in [-0.2, 0) is 21.3 Å². The van der Waals surface area contributed by atoms with Crippen LogP contribution in [0.25, 0.3) is 0 Å². The molecule has 0 amide bonds. The van der Waals surface area contributed by atoms with Gasteiger partial charge in [0.15, 0.2) is 0 Å². The fourth-order valence-corrected chi connectivity index (χ4v) is 3.88. The number of nitrogen functional groups attached to an aromatic ring is 1. The number of hydrogen-bond donors (Lipinski definition) is 1. The van der Waals surface area contributed by atoms with Gasteiger partial charge in [0, 0.05) is 29.3 Å². The molecule has 1 aromatic rings. The van der Waals surface area contributed by atoms with Gasteiger partial charge in [0.1, 0.15) is 0 Å². The molecule has 1 saturated heterocycles. The van der Waals surface area contributed by atoms with Crippen molar-refractivity contribution in [3.8, 4) is 0 Å². The number of hydrogen-bond acceptors (Lipinski definition) is 4. The number of aryl methyl sites for hydroxylation is 1. The molecule has 3 unspecified atom stereocenters. The van der Waals surface area contributed by atoms with E-state index in [1.54, 1.807) is 6.20 Å². The van der Waals surface area contributed by atoms with Crippen LogP contribution in [0.2, 0.25) is 0 Å². The summed E-state index contributed by atoms with van der Waals surface area (Å²) in [6, 6.07) is 0. The van der Waals surface area contributed by atoms with Crippen LogP contribution in [-0.4, -0.2) is 27.2 Å². The summed E-state index contributed by atoms with van der Waals surface area (Å²) in [6.07, 6.45) is 2.70. The molecule has 0 aromatic carbocycles. The first kappa shape index (κ1) is 13.5. The fraction of sp³-hybridized carbons (Fsp3) is 0.615. The van der Waals surface area contributed by atoms with E-state index in [0.717, 1.165) is 28.9 Å². The molecule has 2 heterocycles. The summed E-state index contributed by atoms with van der Waals surface area (Å²) >= 11 is 0. The molecule has 2 N–H and O–H groups in total. The number of anilines is 1. The third kappa shape index (κ3) is 2.57. The van der Waals surface area contributed by atoms with Crippen LogP contribution >= 0.6 is 0 Å². The Morgan fingerprint density at radius 1 is 1.56 bits per heavy atom. The second-order valence-electron chi connectivity index (χ2n) is 4.85. The van der Waals surface area contributed by atoms with Crippen molar-refractivity contribution >= 4 is 16.5 Å². The van der Waals surface area contributed by atoms with Crippen LogP contribution < -0.4 is 5.73 Å². The fourth-order valence-electron chi connectivity index (χ4n) is 2.24. The van der Waals surface area contributed by atoms with E-state index >= 15 is 0 Å². The third-order valence-corrected chi connectivity index (χ3v) is 5.45. The molecule has 0 radical (unpaired) electrons. The Labute approximate surface area is 110 Å². The summed E-state index contributed by atoms with van der Waals surface area (Å²) in [5.74, 6) is 0.467. The zero-order valence-corrected chi connectivity index (χ0v) is 11.9. The second kappa shape index (κ2) is 5.36. The molecule has 1 aliphatic heterocycles. The van der Waals surface area contributed by atoms with Crippen molar-refractivity contribution in [2.24, 2.45) is 0 Å². The van der Waals surface area contributed by atoms with Crippen molar-refractivity contribution in [2.45, 2.75) is 44.3 Å². The normalized spacial score (nSPS) is 25.3. The van der Waals surface area contributed by atoms with Gasteiger partial charge >= 0.3 is 0 Å². The molecule has 1 aromatic heterocycles. The van der Waals surface area contributed by atoms with Crippen LogP contribution in [0.5, 0.6) is 0 Å². The predicted molar refractivity (Wildman–Crippen MR) is 73.8 cm³/mol. The van der Waals surface area contributed by atoms with Crippen molar-refractivity contribution in [2.75, 3.05) is 12.3 Å². The Kier molecular flexibility index (Phi) is 4.02. The van der Waals surface area contributed by atoms with Crippen molar-refractivity contribution in [3.63, 3.8) is 0 Å². The number of pyridine rings is 1.